The lowest BCUT2D eigenvalue weighted by Crippen LogP contribution is -2.25. The monoisotopic (exact) mass is 579 g/mol. The first-order valence-electron chi connectivity index (χ1n) is 14.6. The maximum atomic E-state index is 13.0. The predicted molar refractivity (Wildman–Crippen MR) is 169 cm³/mol. The molecule has 0 saturated heterocycles. The van der Waals surface area contributed by atoms with Crippen LogP contribution in [0.3, 0.4) is 0 Å². The third-order valence-corrected chi connectivity index (χ3v) is 9.23. The van der Waals surface area contributed by atoms with Gasteiger partial charge in [-0.15, -0.1) is 11.8 Å². The maximum absolute atomic E-state index is 13.0. The Kier molecular flexibility index (Phi) is 11.1. The number of ether oxygens (including phenoxy) is 1. The number of carboxylic acids is 1. The van der Waals surface area contributed by atoms with Gasteiger partial charge in [-0.05, 0) is 59.6 Å². The molecule has 0 fully saturated rings. The number of hydrogen-bond acceptors (Lipinski definition) is 5. The number of hydrogen-bond donors (Lipinski definition) is 3. The fourth-order valence-electron chi connectivity index (χ4n) is 4.57. The standard InChI is InChI=1S/C34H45NO5S/c1-7-33(3,4)23-15-16-28(27(21-23)34(5,6)8-2)40-19-12-11-18-35-32(39)26-22-29(41-20-17-30(36)37)24-13-9-10-14-25(24)31(26)38/h9-10,13-16,21-22,38H,7-8,11-12,17-20H2,1-6H3,(H,35,39)(H,36,37). The van der Waals surface area contributed by atoms with Gasteiger partial charge in [-0.3, -0.25) is 9.59 Å². The molecule has 41 heavy (non-hydrogen) atoms. The molecule has 0 spiro atoms. The van der Waals surface area contributed by atoms with Crippen LogP contribution in [0, 0.1) is 0 Å². The second-order valence-corrected chi connectivity index (χ2v) is 12.9. The van der Waals surface area contributed by atoms with Gasteiger partial charge in [-0.2, -0.15) is 0 Å². The van der Waals surface area contributed by atoms with Crippen LogP contribution in [0.4, 0.5) is 0 Å². The van der Waals surface area contributed by atoms with Crippen LogP contribution in [-0.2, 0) is 15.6 Å². The molecule has 7 heteroatoms. The maximum Gasteiger partial charge on any atom is 0.304 e. The number of fused-ring (bicyclic) bond motifs is 1. The van der Waals surface area contributed by atoms with Gasteiger partial charge in [0.25, 0.3) is 5.91 Å². The van der Waals surface area contributed by atoms with E-state index < -0.39 is 5.97 Å². The number of phenols is 1. The number of aromatic hydroxyl groups is 1. The summed E-state index contributed by atoms with van der Waals surface area (Å²) in [6.07, 6.45) is 3.59. The minimum Gasteiger partial charge on any atom is -0.506 e. The molecule has 0 unspecified atom stereocenters. The molecular formula is C34H45NO5S. The summed E-state index contributed by atoms with van der Waals surface area (Å²) >= 11 is 1.37. The molecule has 0 aliphatic carbocycles. The highest BCUT2D eigenvalue weighted by Crippen LogP contribution is 2.39. The Morgan fingerprint density at radius 2 is 1.61 bits per heavy atom. The van der Waals surface area contributed by atoms with Crippen molar-refractivity contribution in [2.45, 2.75) is 89.4 Å². The van der Waals surface area contributed by atoms with E-state index in [1.165, 1.54) is 22.9 Å². The first kappa shape index (κ1) is 32.3. The number of nitrogens with one attached hydrogen (secondary N) is 1. The average Bonchev–Trinajstić information content (AvgIpc) is 2.95. The molecule has 0 saturated carbocycles. The lowest BCUT2D eigenvalue weighted by atomic mass is 9.76. The zero-order chi connectivity index (χ0) is 30.2. The summed E-state index contributed by atoms with van der Waals surface area (Å²) in [4.78, 5) is 24.8. The Morgan fingerprint density at radius 1 is 0.927 bits per heavy atom. The molecule has 0 heterocycles. The summed E-state index contributed by atoms with van der Waals surface area (Å²) in [5.74, 6) is 0.0116. The smallest absolute Gasteiger partial charge is 0.304 e. The van der Waals surface area contributed by atoms with Gasteiger partial charge >= 0.3 is 5.97 Å². The van der Waals surface area contributed by atoms with E-state index in [0.29, 0.717) is 24.3 Å². The highest BCUT2D eigenvalue weighted by atomic mass is 32.2. The third-order valence-electron chi connectivity index (χ3n) is 8.17. The highest BCUT2D eigenvalue weighted by molar-refractivity contribution is 7.99. The summed E-state index contributed by atoms with van der Waals surface area (Å²) < 4.78 is 6.26. The molecule has 0 aromatic heterocycles. The SMILES string of the molecule is CCC(C)(C)c1ccc(OCCCCNC(=O)c2cc(SCCC(=O)O)c3ccccc3c2O)c(C(C)(C)CC)c1. The zero-order valence-electron chi connectivity index (χ0n) is 25.3. The number of carboxylic acid groups (broad SMARTS) is 1. The van der Waals surface area contributed by atoms with Crippen LogP contribution in [0.5, 0.6) is 11.5 Å². The number of amides is 1. The molecule has 0 aliphatic rings. The van der Waals surface area contributed by atoms with E-state index in [-0.39, 0.29) is 34.5 Å². The van der Waals surface area contributed by atoms with Crippen LogP contribution in [0.25, 0.3) is 10.8 Å². The molecule has 0 bridgehead atoms. The molecule has 0 atom stereocenters. The van der Waals surface area contributed by atoms with Crippen molar-refractivity contribution in [3.8, 4) is 11.5 Å². The van der Waals surface area contributed by atoms with E-state index in [4.69, 9.17) is 9.84 Å². The number of carbonyl (C=O) groups excluding carboxylic acids is 1. The summed E-state index contributed by atoms with van der Waals surface area (Å²) in [5, 5.41) is 24.1. The number of thioether (sulfide) groups is 1. The van der Waals surface area contributed by atoms with Crippen LogP contribution < -0.4 is 10.1 Å². The fourth-order valence-corrected chi connectivity index (χ4v) is 5.61. The van der Waals surface area contributed by atoms with E-state index in [2.05, 4.69) is 65.1 Å². The number of carbonyl (C=O) groups is 2. The van der Waals surface area contributed by atoms with E-state index in [9.17, 15) is 14.7 Å². The van der Waals surface area contributed by atoms with Gasteiger partial charge in [-0.25, -0.2) is 0 Å². The molecule has 0 radical (unpaired) electrons. The predicted octanol–water partition coefficient (Wildman–Crippen LogP) is 8.08. The molecule has 3 rings (SSSR count). The number of unbranched alkanes of at least 4 members (excludes halogenated alkanes) is 1. The number of aliphatic carboxylic acids is 1. The topological polar surface area (TPSA) is 95.9 Å². The zero-order valence-corrected chi connectivity index (χ0v) is 26.1. The summed E-state index contributed by atoms with van der Waals surface area (Å²) in [7, 11) is 0. The van der Waals surface area contributed by atoms with Gasteiger partial charge in [0.1, 0.15) is 11.5 Å². The fraction of sp³-hybridized carbons (Fsp3) is 0.471. The van der Waals surface area contributed by atoms with E-state index in [1.807, 2.05) is 12.1 Å². The molecule has 1 amide bonds. The van der Waals surface area contributed by atoms with Gasteiger partial charge in [0.15, 0.2) is 0 Å². The van der Waals surface area contributed by atoms with Gasteiger partial charge < -0.3 is 20.3 Å². The molecule has 6 nitrogen and oxygen atoms in total. The molecule has 3 aromatic carbocycles. The molecule has 222 valence electrons. The van der Waals surface area contributed by atoms with Crippen molar-refractivity contribution in [2.24, 2.45) is 0 Å². The first-order chi connectivity index (χ1) is 19.4. The quantitative estimate of drug-likeness (QED) is 0.124. The van der Waals surface area contributed by atoms with Crippen LogP contribution in [0.15, 0.2) is 53.4 Å². The Bertz CT molecular complexity index is 1360. The van der Waals surface area contributed by atoms with Gasteiger partial charge in [0.05, 0.1) is 18.6 Å². The van der Waals surface area contributed by atoms with E-state index in [1.54, 1.807) is 18.2 Å². The van der Waals surface area contributed by atoms with Crippen molar-refractivity contribution in [1.82, 2.24) is 5.32 Å². The van der Waals surface area contributed by atoms with Gasteiger partial charge in [-0.1, -0.05) is 77.9 Å². The van der Waals surface area contributed by atoms with Crippen molar-refractivity contribution in [1.29, 1.82) is 0 Å². The Morgan fingerprint density at radius 3 is 2.27 bits per heavy atom. The average molecular weight is 580 g/mol. The first-order valence-corrected chi connectivity index (χ1v) is 15.5. The van der Waals surface area contributed by atoms with Crippen LogP contribution in [-0.4, -0.2) is 41.0 Å². The highest BCUT2D eigenvalue weighted by Gasteiger charge is 2.26. The van der Waals surface area contributed by atoms with Crippen molar-refractivity contribution in [3.63, 3.8) is 0 Å². The minimum atomic E-state index is -0.870. The minimum absolute atomic E-state index is 0.00421. The third kappa shape index (κ3) is 8.19. The van der Waals surface area contributed by atoms with E-state index in [0.717, 1.165) is 41.7 Å². The normalized spacial score (nSPS) is 12.0. The van der Waals surface area contributed by atoms with Crippen molar-refractivity contribution in [2.75, 3.05) is 18.9 Å². The van der Waals surface area contributed by atoms with Crippen LogP contribution in [0.2, 0.25) is 0 Å². The van der Waals surface area contributed by atoms with E-state index >= 15 is 0 Å². The largest absolute Gasteiger partial charge is 0.506 e. The Balaban J connectivity index is 1.61. The Labute approximate surface area is 248 Å². The number of rotatable bonds is 15. The Hall–Kier alpha value is -3.19. The summed E-state index contributed by atoms with van der Waals surface area (Å²) in [6.45, 7) is 14.5. The molecule has 3 aromatic rings. The van der Waals surface area contributed by atoms with Crippen molar-refractivity contribution in [3.05, 3.63) is 65.2 Å². The molecule has 3 N–H and O–H groups in total. The van der Waals surface area contributed by atoms with Crippen molar-refractivity contribution < 1.29 is 24.5 Å². The lowest BCUT2D eigenvalue weighted by Gasteiger charge is -2.30. The summed E-state index contributed by atoms with van der Waals surface area (Å²) in [5.41, 5.74) is 2.85. The second-order valence-electron chi connectivity index (χ2n) is 11.8. The number of benzene rings is 3. The van der Waals surface area contributed by atoms with Crippen LogP contribution >= 0.6 is 11.8 Å². The number of phenolic OH excluding ortho intramolecular Hbond substituents is 1. The molecular weight excluding hydrogens is 534 g/mol. The van der Waals surface area contributed by atoms with Gasteiger partial charge in [0, 0.05) is 28.1 Å². The van der Waals surface area contributed by atoms with Gasteiger partial charge in [0.2, 0.25) is 0 Å². The van der Waals surface area contributed by atoms with Crippen LogP contribution in [0.1, 0.15) is 95.1 Å². The molecule has 0 aliphatic heterocycles. The van der Waals surface area contributed by atoms with Crippen molar-refractivity contribution >= 4 is 34.4 Å². The summed E-state index contributed by atoms with van der Waals surface area (Å²) in [6, 6.07) is 15.6. The lowest BCUT2D eigenvalue weighted by molar-refractivity contribution is -0.136. The second kappa shape index (κ2) is 14.1.